The molecule has 1 aromatic rings. The number of hydrogen-bond donors (Lipinski definition) is 0. The van der Waals surface area contributed by atoms with Gasteiger partial charge in [-0.15, -0.1) is 0 Å². The smallest absolute Gasteiger partial charge is 0.136 e. The molecule has 110 valence electrons. The molecule has 0 aliphatic heterocycles. The summed E-state index contributed by atoms with van der Waals surface area (Å²) in [5.41, 5.74) is 4.13. The van der Waals surface area contributed by atoms with Gasteiger partial charge in [0.05, 0.1) is 0 Å². The fourth-order valence-electron chi connectivity index (χ4n) is 3.63. The highest BCUT2D eigenvalue weighted by Gasteiger charge is 2.38. The van der Waals surface area contributed by atoms with Gasteiger partial charge < -0.3 is 0 Å². The van der Waals surface area contributed by atoms with Crippen LogP contribution in [0, 0.1) is 31.1 Å². The van der Waals surface area contributed by atoms with E-state index in [1.54, 1.807) is 0 Å². The molecule has 0 saturated heterocycles. The lowest BCUT2D eigenvalue weighted by Gasteiger charge is -2.38. The number of ketones is 1. The first kappa shape index (κ1) is 15.3. The summed E-state index contributed by atoms with van der Waals surface area (Å²) in [6.07, 6.45) is 4.05. The zero-order valence-electron chi connectivity index (χ0n) is 13.6. The Bertz CT molecular complexity index is 498. The molecule has 1 aliphatic carbocycles. The summed E-state index contributed by atoms with van der Waals surface area (Å²) in [6.45, 7) is 11.1. The van der Waals surface area contributed by atoms with Gasteiger partial charge in [0.2, 0.25) is 0 Å². The van der Waals surface area contributed by atoms with Gasteiger partial charge in [-0.2, -0.15) is 0 Å². The second-order valence-corrected chi connectivity index (χ2v) is 7.50. The number of carbonyl (C=O) groups excluding carboxylic acids is 1. The van der Waals surface area contributed by atoms with E-state index in [2.05, 4.69) is 52.8 Å². The van der Waals surface area contributed by atoms with E-state index in [1.165, 1.54) is 23.1 Å². The van der Waals surface area contributed by atoms with E-state index in [0.717, 1.165) is 19.3 Å². The standard InChI is InChI=1S/C19H28O/c1-13-6-8-15(3)16(10-13)12-19(4,5)17-9-7-14(2)11-18(17)20/h6,8,10,14,17H,7,9,11-12H2,1-5H3. The van der Waals surface area contributed by atoms with Gasteiger partial charge in [-0.05, 0) is 55.6 Å². The number of benzene rings is 1. The molecule has 0 radical (unpaired) electrons. The number of Topliss-reactive ketones (excluding diaryl/α,β-unsaturated/α-hetero) is 1. The van der Waals surface area contributed by atoms with Gasteiger partial charge in [0.15, 0.2) is 0 Å². The van der Waals surface area contributed by atoms with Crippen molar-refractivity contribution in [3.05, 3.63) is 34.9 Å². The predicted octanol–water partition coefficient (Wildman–Crippen LogP) is 4.88. The van der Waals surface area contributed by atoms with Gasteiger partial charge in [-0.1, -0.05) is 44.5 Å². The van der Waals surface area contributed by atoms with Gasteiger partial charge in [-0.3, -0.25) is 4.79 Å². The van der Waals surface area contributed by atoms with E-state index in [4.69, 9.17) is 0 Å². The summed E-state index contributed by atoms with van der Waals surface area (Å²) < 4.78 is 0. The Morgan fingerprint density at radius 3 is 2.55 bits per heavy atom. The minimum atomic E-state index is 0.0653. The molecule has 0 N–H and O–H groups in total. The van der Waals surface area contributed by atoms with E-state index in [1.807, 2.05) is 0 Å². The highest BCUT2D eigenvalue weighted by Crippen LogP contribution is 2.40. The van der Waals surface area contributed by atoms with Crippen molar-refractivity contribution in [1.29, 1.82) is 0 Å². The highest BCUT2D eigenvalue weighted by molar-refractivity contribution is 5.82. The molecule has 2 atom stereocenters. The van der Waals surface area contributed by atoms with Crippen LogP contribution in [-0.4, -0.2) is 5.78 Å². The molecule has 1 nitrogen and oxygen atoms in total. The average Bonchev–Trinajstić information content (AvgIpc) is 2.33. The van der Waals surface area contributed by atoms with Crippen LogP contribution in [0.25, 0.3) is 0 Å². The zero-order chi connectivity index (χ0) is 14.9. The first-order valence-corrected chi connectivity index (χ1v) is 7.88. The topological polar surface area (TPSA) is 17.1 Å². The Labute approximate surface area is 123 Å². The molecule has 0 amide bonds. The molecule has 2 rings (SSSR count). The van der Waals surface area contributed by atoms with Gasteiger partial charge in [0, 0.05) is 12.3 Å². The summed E-state index contributed by atoms with van der Waals surface area (Å²) >= 11 is 0. The number of aryl methyl sites for hydroxylation is 2. The Hall–Kier alpha value is -1.11. The molecule has 1 fully saturated rings. The van der Waals surface area contributed by atoms with Crippen LogP contribution >= 0.6 is 0 Å². The van der Waals surface area contributed by atoms with Crippen LogP contribution in [0.3, 0.4) is 0 Å². The fraction of sp³-hybridized carbons (Fsp3) is 0.632. The third-order valence-electron chi connectivity index (χ3n) is 4.98. The van der Waals surface area contributed by atoms with Crippen LogP contribution in [0.4, 0.5) is 0 Å². The normalized spacial score (nSPS) is 23.9. The van der Waals surface area contributed by atoms with Gasteiger partial charge >= 0.3 is 0 Å². The molecule has 0 bridgehead atoms. The Morgan fingerprint density at radius 1 is 1.20 bits per heavy atom. The SMILES string of the molecule is Cc1ccc(C)c(CC(C)(C)C2CCC(C)CC2=O)c1. The maximum Gasteiger partial charge on any atom is 0.136 e. The van der Waals surface area contributed by atoms with Crippen molar-refractivity contribution in [3.8, 4) is 0 Å². The van der Waals surface area contributed by atoms with Crippen LogP contribution < -0.4 is 0 Å². The number of carbonyl (C=O) groups is 1. The van der Waals surface area contributed by atoms with Crippen LogP contribution in [-0.2, 0) is 11.2 Å². The maximum absolute atomic E-state index is 12.4. The van der Waals surface area contributed by atoms with Crippen molar-refractivity contribution in [2.45, 2.75) is 60.3 Å². The van der Waals surface area contributed by atoms with Gasteiger partial charge in [0.1, 0.15) is 5.78 Å². The molecule has 2 unspecified atom stereocenters. The van der Waals surface area contributed by atoms with E-state index in [9.17, 15) is 4.79 Å². The van der Waals surface area contributed by atoms with Gasteiger partial charge in [0.25, 0.3) is 0 Å². The quantitative estimate of drug-likeness (QED) is 0.766. The molecule has 0 aromatic heterocycles. The molecule has 20 heavy (non-hydrogen) atoms. The van der Waals surface area contributed by atoms with E-state index < -0.39 is 0 Å². The lowest BCUT2D eigenvalue weighted by molar-refractivity contribution is -0.129. The molecular formula is C19H28O. The van der Waals surface area contributed by atoms with Crippen LogP contribution in [0.2, 0.25) is 0 Å². The second-order valence-electron chi connectivity index (χ2n) is 7.50. The summed E-state index contributed by atoms with van der Waals surface area (Å²) in [6, 6.07) is 6.65. The number of rotatable bonds is 3. The van der Waals surface area contributed by atoms with E-state index in [0.29, 0.717) is 11.7 Å². The van der Waals surface area contributed by atoms with Crippen LogP contribution in [0.1, 0.15) is 56.7 Å². The molecule has 1 saturated carbocycles. The Morgan fingerprint density at radius 2 is 1.90 bits per heavy atom. The van der Waals surface area contributed by atoms with Crippen molar-refractivity contribution in [1.82, 2.24) is 0 Å². The molecular weight excluding hydrogens is 244 g/mol. The van der Waals surface area contributed by atoms with Crippen molar-refractivity contribution in [3.63, 3.8) is 0 Å². The monoisotopic (exact) mass is 272 g/mol. The van der Waals surface area contributed by atoms with E-state index in [-0.39, 0.29) is 11.3 Å². The molecule has 0 spiro atoms. The van der Waals surface area contributed by atoms with Crippen LogP contribution in [0.5, 0.6) is 0 Å². The van der Waals surface area contributed by atoms with Crippen molar-refractivity contribution >= 4 is 5.78 Å². The van der Waals surface area contributed by atoms with Crippen molar-refractivity contribution in [2.24, 2.45) is 17.3 Å². The summed E-state index contributed by atoms with van der Waals surface area (Å²) in [5.74, 6) is 1.30. The minimum absolute atomic E-state index is 0.0653. The minimum Gasteiger partial charge on any atom is -0.299 e. The highest BCUT2D eigenvalue weighted by atomic mass is 16.1. The second kappa shape index (κ2) is 5.71. The predicted molar refractivity (Wildman–Crippen MR) is 84.9 cm³/mol. The third-order valence-corrected chi connectivity index (χ3v) is 4.98. The van der Waals surface area contributed by atoms with Gasteiger partial charge in [-0.25, -0.2) is 0 Å². The largest absolute Gasteiger partial charge is 0.299 e. The average molecular weight is 272 g/mol. The Balaban J connectivity index is 2.18. The molecule has 1 aliphatic rings. The lowest BCUT2D eigenvalue weighted by atomic mass is 9.65. The first-order chi connectivity index (χ1) is 9.29. The Kier molecular flexibility index (Phi) is 4.36. The van der Waals surface area contributed by atoms with Crippen molar-refractivity contribution < 1.29 is 4.79 Å². The maximum atomic E-state index is 12.4. The summed E-state index contributed by atoms with van der Waals surface area (Å²) in [7, 11) is 0. The fourth-order valence-corrected chi connectivity index (χ4v) is 3.63. The molecule has 0 heterocycles. The lowest BCUT2D eigenvalue weighted by Crippen LogP contribution is -2.37. The molecule has 1 heteroatoms. The zero-order valence-corrected chi connectivity index (χ0v) is 13.6. The summed E-state index contributed by atoms with van der Waals surface area (Å²) in [4.78, 5) is 12.4. The number of hydrogen-bond acceptors (Lipinski definition) is 1. The van der Waals surface area contributed by atoms with E-state index >= 15 is 0 Å². The van der Waals surface area contributed by atoms with Crippen molar-refractivity contribution in [2.75, 3.05) is 0 Å². The van der Waals surface area contributed by atoms with Crippen LogP contribution in [0.15, 0.2) is 18.2 Å². The summed E-state index contributed by atoms with van der Waals surface area (Å²) in [5, 5.41) is 0. The molecule has 1 aromatic carbocycles. The first-order valence-electron chi connectivity index (χ1n) is 7.88. The third kappa shape index (κ3) is 3.31.